The fraction of sp³-hybridized carbons (Fsp3) is 0.0444. The molecule has 0 bridgehead atoms. The van der Waals surface area contributed by atoms with E-state index >= 15 is 0 Å². The smallest absolute Gasteiger partial charge is 0.237 e. The Balaban J connectivity index is 1.22. The van der Waals surface area contributed by atoms with Gasteiger partial charge in [0.15, 0.2) is 5.82 Å². The van der Waals surface area contributed by atoms with Crippen molar-refractivity contribution in [1.82, 2.24) is 9.55 Å². The molecule has 248 valence electrons. The van der Waals surface area contributed by atoms with Gasteiger partial charge in [-0.15, -0.1) is 0 Å². The first-order valence-electron chi connectivity index (χ1n) is 17.5. The number of hydrogen-bond acceptors (Lipinski definition) is 4. The van der Waals surface area contributed by atoms with Crippen molar-refractivity contribution in [3.05, 3.63) is 170 Å². The van der Waals surface area contributed by atoms with Crippen LogP contribution in [0, 0.1) is 0 Å². The van der Waals surface area contributed by atoms with Crippen molar-refractivity contribution in [1.29, 1.82) is 0 Å². The van der Waals surface area contributed by atoms with Crippen molar-refractivity contribution in [3.8, 4) is 39.1 Å². The maximum absolute atomic E-state index is 11.3. The van der Waals surface area contributed by atoms with Crippen molar-refractivity contribution < 1.29 is 15.3 Å². The van der Waals surface area contributed by atoms with Gasteiger partial charge >= 0.3 is 0 Å². The lowest BCUT2D eigenvalue weighted by Crippen LogP contribution is -2.54. The van der Waals surface area contributed by atoms with Crippen LogP contribution in [-0.2, 0) is 5.79 Å². The van der Waals surface area contributed by atoms with Gasteiger partial charge in [0.1, 0.15) is 15.7 Å². The average Bonchev–Trinajstić information content (AvgIpc) is 3.57. The normalized spacial score (nSPS) is 12.3. The van der Waals surface area contributed by atoms with Gasteiger partial charge in [-0.3, -0.25) is 4.57 Å². The molecule has 1 aromatic heterocycles. The molecule has 5 nitrogen and oxygen atoms in total. The average molecular weight is 672 g/mol. The van der Waals surface area contributed by atoms with Crippen LogP contribution in [0.5, 0.6) is 0 Å². The highest BCUT2D eigenvalue weighted by Crippen LogP contribution is 2.45. The van der Waals surface area contributed by atoms with Crippen LogP contribution in [0.2, 0.25) is 0 Å². The molecule has 0 radical (unpaired) electrons. The van der Waals surface area contributed by atoms with E-state index in [0.29, 0.717) is 16.7 Å². The van der Waals surface area contributed by atoms with Crippen molar-refractivity contribution in [2.45, 2.75) is 11.2 Å². The van der Waals surface area contributed by atoms with E-state index in [1.54, 1.807) is 4.57 Å². The quantitative estimate of drug-likeness (QED) is 0.0970. The minimum Gasteiger partial charge on any atom is -0.402 e. The molecule has 0 saturated carbocycles. The Bertz CT molecular complexity index is 2760. The number of hydrogen-bond donors (Lipinski definition) is 3. The number of fused-ring (bicyclic) bond motifs is 4. The molecule has 0 fully saturated rings. The predicted molar refractivity (Wildman–Crippen MR) is 218 cm³/mol. The van der Waals surface area contributed by atoms with E-state index in [2.05, 4.69) is 120 Å². The molecule has 9 aromatic rings. The van der Waals surface area contributed by atoms with E-state index in [0.717, 1.165) is 16.7 Å². The van der Waals surface area contributed by atoms with Crippen LogP contribution < -0.4 is 0 Å². The Morgan fingerprint density at radius 3 is 1.63 bits per heavy atom. The minimum absolute atomic E-state index is 0.0605. The van der Waals surface area contributed by atoms with Gasteiger partial charge in [-0.2, -0.15) is 0 Å². The van der Waals surface area contributed by atoms with Gasteiger partial charge in [0.25, 0.3) is 0 Å². The molecule has 0 aliphatic carbocycles. The fourth-order valence-corrected chi connectivity index (χ4v) is 7.60. The third-order valence-corrected chi connectivity index (χ3v) is 10.3. The Labute approximate surface area is 302 Å². The molecule has 52 heavy (non-hydrogen) atoms. The molecule has 8 aromatic carbocycles. The summed E-state index contributed by atoms with van der Waals surface area (Å²) in [6.45, 7) is 0. The monoisotopic (exact) mass is 672 g/mol. The number of rotatable bonds is 6. The van der Waals surface area contributed by atoms with Crippen molar-refractivity contribution in [2.75, 3.05) is 0 Å². The summed E-state index contributed by atoms with van der Waals surface area (Å²) in [6, 6.07) is 56.5. The lowest BCUT2D eigenvalue weighted by molar-refractivity contribution is -0.231. The zero-order chi connectivity index (χ0) is 35.6. The van der Waals surface area contributed by atoms with Crippen LogP contribution in [0.3, 0.4) is 0 Å². The summed E-state index contributed by atoms with van der Waals surface area (Å²) in [6.07, 6.45) is 0. The first-order chi connectivity index (χ1) is 25.2. The van der Waals surface area contributed by atoms with E-state index in [1.807, 2.05) is 48.5 Å². The largest absolute Gasteiger partial charge is 0.402 e. The highest BCUT2D eigenvalue weighted by atomic mass is 16.5. The summed E-state index contributed by atoms with van der Waals surface area (Å²) >= 11 is 0. The van der Waals surface area contributed by atoms with Gasteiger partial charge < -0.3 is 15.3 Å². The molecule has 0 spiro atoms. The lowest BCUT2D eigenvalue weighted by atomic mass is 9.60. The van der Waals surface area contributed by atoms with Gasteiger partial charge in [0, 0.05) is 5.56 Å². The second-order valence-corrected chi connectivity index (χ2v) is 14.0. The Morgan fingerprint density at radius 2 is 0.981 bits per heavy atom. The van der Waals surface area contributed by atoms with Crippen LogP contribution in [0.4, 0.5) is 0 Å². The second-order valence-electron chi connectivity index (χ2n) is 14.0. The summed E-state index contributed by atoms with van der Waals surface area (Å²) in [7, 11) is 2.73. The Morgan fingerprint density at radius 1 is 0.481 bits per heavy atom. The van der Waals surface area contributed by atoms with E-state index in [4.69, 9.17) is 0 Å². The third kappa shape index (κ3) is 5.05. The second kappa shape index (κ2) is 12.1. The number of nitrogens with zero attached hydrogens (tertiary/aromatic N) is 2. The van der Waals surface area contributed by atoms with Gasteiger partial charge in [0.2, 0.25) is 5.79 Å². The van der Waals surface area contributed by atoms with E-state index in [9.17, 15) is 15.3 Å². The predicted octanol–water partition coefficient (Wildman–Crippen LogP) is 7.54. The zero-order valence-corrected chi connectivity index (χ0v) is 28.8. The molecule has 0 saturated heterocycles. The zero-order valence-electron chi connectivity index (χ0n) is 28.8. The molecule has 0 aliphatic heterocycles. The van der Waals surface area contributed by atoms with Crippen molar-refractivity contribution in [2.24, 2.45) is 0 Å². The molecule has 0 unspecified atom stereocenters. The van der Waals surface area contributed by atoms with Crippen molar-refractivity contribution >= 4 is 59.0 Å². The van der Waals surface area contributed by atoms with E-state index in [1.165, 1.54) is 64.7 Å². The molecule has 7 heteroatoms. The van der Waals surface area contributed by atoms with Crippen LogP contribution in [-0.4, -0.2) is 46.0 Å². The molecule has 0 atom stereocenters. The van der Waals surface area contributed by atoms with Crippen molar-refractivity contribution in [3.63, 3.8) is 0 Å². The first kappa shape index (κ1) is 32.0. The Hall–Kier alpha value is -5.98. The summed E-state index contributed by atoms with van der Waals surface area (Å²) in [5.41, 5.74) is 8.52. The van der Waals surface area contributed by atoms with Crippen LogP contribution >= 0.6 is 0 Å². The molecular weight excluding hydrogens is 638 g/mol. The number of para-hydroxylation sites is 3. The SMILES string of the molecule is BC(B)(O)C(O)(O)c1nc2ccccc2n1-c1ccccc1-c1ccc(-c2c3ccccc3c(-c3ccc4ccccc4c3)c3ccccc23)cc1. The number of aromatic nitrogens is 2. The molecular formula is C45H34B2N2O3. The van der Waals surface area contributed by atoms with E-state index < -0.39 is 11.2 Å². The summed E-state index contributed by atoms with van der Waals surface area (Å²) in [4.78, 5) is 4.62. The van der Waals surface area contributed by atoms with Gasteiger partial charge in [-0.1, -0.05) is 140 Å². The standard InChI is InChI=1S/C45H34B2N2O3/c46-45(47,52)44(50,51)43-48-38-18-8-10-20-40(38)49(43)39-19-9-7-13-33(39)29-22-24-30(25-23-29)41-34-14-3-5-16-36(34)42(37-17-6-4-15-35(37)41)32-26-21-28-11-1-2-12-31(28)27-32/h1-27,50-52H,46-47H2. The first-order valence-corrected chi connectivity index (χ1v) is 17.5. The summed E-state index contributed by atoms with van der Waals surface area (Å²) in [5.74, 6) is -2.70. The number of imidazole rings is 1. The van der Waals surface area contributed by atoms with Crippen LogP contribution in [0.1, 0.15) is 5.82 Å². The van der Waals surface area contributed by atoms with Gasteiger partial charge in [0.05, 0.1) is 22.1 Å². The molecule has 0 amide bonds. The number of benzene rings is 8. The van der Waals surface area contributed by atoms with E-state index in [-0.39, 0.29) is 5.82 Å². The summed E-state index contributed by atoms with van der Waals surface area (Å²) in [5, 5.41) is 38.8. The number of aliphatic hydroxyl groups is 3. The molecule has 0 aliphatic rings. The topological polar surface area (TPSA) is 78.5 Å². The maximum atomic E-state index is 11.3. The minimum atomic E-state index is -2.63. The van der Waals surface area contributed by atoms with Gasteiger partial charge in [-0.05, 0) is 84.4 Å². The van der Waals surface area contributed by atoms with Crippen LogP contribution in [0.25, 0.3) is 82.4 Å². The molecule has 1 heterocycles. The fourth-order valence-electron chi connectivity index (χ4n) is 7.60. The molecule has 3 N–H and O–H groups in total. The molecule has 9 rings (SSSR count). The lowest BCUT2D eigenvalue weighted by Gasteiger charge is -2.34. The maximum Gasteiger partial charge on any atom is 0.237 e. The third-order valence-electron chi connectivity index (χ3n) is 10.3. The van der Waals surface area contributed by atoms with Gasteiger partial charge in [-0.25, -0.2) is 4.98 Å². The Kier molecular flexibility index (Phi) is 7.42. The highest BCUT2D eigenvalue weighted by molar-refractivity contribution is 6.39. The summed E-state index contributed by atoms with van der Waals surface area (Å²) < 4.78 is 1.74. The van der Waals surface area contributed by atoms with Crippen LogP contribution in [0.15, 0.2) is 164 Å². The highest BCUT2D eigenvalue weighted by Gasteiger charge is 2.46.